The standard InChI is InChI=1S/C19H24N4O/c1-10(2)23-18(24)16-14(9-22(6)17(16)21-19(23)20)15-12(4)7-11(3)8-13(15)5/h7-10H,1-6H3,(H2,20,21). The van der Waals surface area contributed by atoms with E-state index >= 15 is 0 Å². The Morgan fingerprint density at radius 2 is 1.71 bits per heavy atom. The van der Waals surface area contributed by atoms with Crippen LogP contribution in [0.25, 0.3) is 22.2 Å². The largest absolute Gasteiger partial charge is 0.369 e. The zero-order valence-corrected chi connectivity index (χ0v) is 15.1. The molecule has 0 atom stereocenters. The van der Waals surface area contributed by atoms with Gasteiger partial charge in [0.1, 0.15) is 5.65 Å². The van der Waals surface area contributed by atoms with Crippen molar-refractivity contribution in [1.82, 2.24) is 14.1 Å². The van der Waals surface area contributed by atoms with Crippen LogP contribution >= 0.6 is 0 Å². The van der Waals surface area contributed by atoms with Crippen molar-refractivity contribution < 1.29 is 0 Å². The molecular weight excluding hydrogens is 300 g/mol. The van der Waals surface area contributed by atoms with Gasteiger partial charge in [0.05, 0.1) is 5.39 Å². The van der Waals surface area contributed by atoms with Crippen molar-refractivity contribution in [2.24, 2.45) is 7.05 Å². The molecule has 1 aromatic carbocycles. The normalized spacial score (nSPS) is 11.6. The van der Waals surface area contributed by atoms with Crippen molar-refractivity contribution in [3.8, 4) is 11.1 Å². The summed E-state index contributed by atoms with van der Waals surface area (Å²) in [5.74, 6) is 0.257. The lowest BCUT2D eigenvalue weighted by Gasteiger charge is -2.14. The first kappa shape index (κ1) is 16.3. The van der Waals surface area contributed by atoms with Crippen LogP contribution in [-0.4, -0.2) is 14.1 Å². The third-order valence-corrected chi connectivity index (χ3v) is 4.51. The number of hydrogen-bond donors (Lipinski definition) is 1. The molecule has 0 aliphatic rings. The van der Waals surface area contributed by atoms with Crippen molar-refractivity contribution in [2.45, 2.75) is 40.7 Å². The molecule has 0 saturated carbocycles. The lowest BCUT2D eigenvalue weighted by molar-refractivity contribution is 0.583. The van der Waals surface area contributed by atoms with Gasteiger partial charge in [-0.25, -0.2) is 0 Å². The summed E-state index contributed by atoms with van der Waals surface area (Å²) in [6.07, 6.45) is 1.98. The van der Waals surface area contributed by atoms with Crippen LogP contribution in [0.4, 0.5) is 5.95 Å². The third-order valence-electron chi connectivity index (χ3n) is 4.51. The molecule has 0 saturated heterocycles. The average Bonchev–Trinajstić information content (AvgIpc) is 2.74. The van der Waals surface area contributed by atoms with Gasteiger partial charge in [0.15, 0.2) is 0 Å². The summed E-state index contributed by atoms with van der Waals surface area (Å²) in [6, 6.07) is 4.25. The van der Waals surface area contributed by atoms with Gasteiger partial charge in [-0.1, -0.05) is 17.7 Å². The second-order valence-electron chi connectivity index (χ2n) is 6.86. The van der Waals surface area contributed by atoms with Crippen LogP contribution in [0.3, 0.4) is 0 Å². The van der Waals surface area contributed by atoms with Crippen LogP contribution in [0, 0.1) is 20.8 Å². The fourth-order valence-corrected chi connectivity index (χ4v) is 3.64. The first-order chi connectivity index (χ1) is 11.2. The number of aryl methyl sites for hydroxylation is 4. The Morgan fingerprint density at radius 3 is 2.25 bits per heavy atom. The Morgan fingerprint density at radius 1 is 1.12 bits per heavy atom. The highest BCUT2D eigenvalue weighted by Gasteiger charge is 2.20. The first-order valence-electron chi connectivity index (χ1n) is 8.17. The van der Waals surface area contributed by atoms with E-state index in [4.69, 9.17) is 5.73 Å². The van der Waals surface area contributed by atoms with E-state index in [1.54, 1.807) is 4.57 Å². The number of benzene rings is 1. The van der Waals surface area contributed by atoms with Gasteiger partial charge in [0, 0.05) is 24.8 Å². The highest BCUT2D eigenvalue weighted by Crippen LogP contribution is 2.33. The van der Waals surface area contributed by atoms with Crippen molar-refractivity contribution in [3.63, 3.8) is 0 Å². The molecule has 2 N–H and O–H groups in total. The lowest BCUT2D eigenvalue weighted by Crippen LogP contribution is -2.26. The number of anilines is 1. The molecule has 3 aromatic rings. The molecule has 0 radical (unpaired) electrons. The maximum Gasteiger partial charge on any atom is 0.265 e. The summed E-state index contributed by atoms with van der Waals surface area (Å²) in [5.41, 5.74) is 12.1. The Balaban J connectivity index is 2.48. The summed E-state index contributed by atoms with van der Waals surface area (Å²) in [4.78, 5) is 17.6. The smallest absolute Gasteiger partial charge is 0.265 e. The second kappa shape index (κ2) is 5.51. The summed E-state index contributed by atoms with van der Waals surface area (Å²) < 4.78 is 3.44. The summed E-state index contributed by atoms with van der Waals surface area (Å²) in [6.45, 7) is 10.1. The van der Waals surface area contributed by atoms with E-state index in [-0.39, 0.29) is 17.5 Å². The van der Waals surface area contributed by atoms with E-state index in [0.717, 1.165) is 22.3 Å². The van der Waals surface area contributed by atoms with Crippen LogP contribution < -0.4 is 11.3 Å². The minimum Gasteiger partial charge on any atom is -0.369 e. The van der Waals surface area contributed by atoms with Crippen LogP contribution in [0.1, 0.15) is 36.6 Å². The molecule has 0 spiro atoms. The number of nitrogen functional groups attached to an aromatic ring is 1. The van der Waals surface area contributed by atoms with Crippen LogP contribution in [-0.2, 0) is 7.05 Å². The highest BCUT2D eigenvalue weighted by atomic mass is 16.1. The van der Waals surface area contributed by atoms with Crippen LogP contribution in [0.15, 0.2) is 23.1 Å². The molecule has 0 unspecified atom stereocenters. The van der Waals surface area contributed by atoms with Crippen LogP contribution in [0.5, 0.6) is 0 Å². The van der Waals surface area contributed by atoms with E-state index in [1.807, 2.05) is 31.7 Å². The summed E-state index contributed by atoms with van der Waals surface area (Å²) in [5, 5.41) is 0.635. The minimum absolute atomic E-state index is 0.0392. The maximum absolute atomic E-state index is 13.1. The van der Waals surface area contributed by atoms with Gasteiger partial charge >= 0.3 is 0 Å². The second-order valence-corrected chi connectivity index (χ2v) is 6.86. The molecule has 0 amide bonds. The number of nitrogens with zero attached hydrogens (tertiary/aromatic N) is 3. The fourth-order valence-electron chi connectivity index (χ4n) is 3.64. The molecular formula is C19H24N4O. The van der Waals surface area contributed by atoms with Gasteiger partial charge in [-0.3, -0.25) is 9.36 Å². The first-order valence-corrected chi connectivity index (χ1v) is 8.17. The number of rotatable bonds is 2. The lowest BCUT2D eigenvalue weighted by atomic mass is 9.94. The molecule has 0 aliphatic carbocycles. The number of fused-ring (bicyclic) bond motifs is 1. The van der Waals surface area contributed by atoms with Gasteiger partial charge in [0.2, 0.25) is 5.95 Å². The number of nitrogens with two attached hydrogens (primary N) is 1. The van der Waals surface area contributed by atoms with E-state index in [1.165, 1.54) is 5.56 Å². The van der Waals surface area contributed by atoms with Gasteiger partial charge in [-0.15, -0.1) is 0 Å². The highest BCUT2D eigenvalue weighted by molar-refractivity contribution is 5.95. The zero-order chi connectivity index (χ0) is 17.8. The SMILES string of the molecule is Cc1cc(C)c(-c2cn(C)c3nc(N)n(C(C)C)c(=O)c23)c(C)c1. The Labute approximate surface area is 141 Å². The molecule has 0 aliphatic heterocycles. The molecule has 126 valence electrons. The summed E-state index contributed by atoms with van der Waals surface area (Å²) in [7, 11) is 1.90. The number of aromatic nitrogens is 3. The van der Waals surface area contributed by atoms with Gasteiger partial charge in [-0.05, 0) is 51.3 Å². The molecule has 5 nitrogen and oxygen atoms in total. The van der Waals surface area contributed by atoms with Crippen LogP contribution in [0.2, 0.25) is 0 Å². The van der Waals surface area contributed by atoms with Gasteiger partial charge < -0.3 is 10.3 Å². The zero-order valence-electron chi connectivity index (χ0n) is 15.1. The average molecular weight is 324 g/mol. The predicted octanol–water partition coefficient (Wildman–Crippen LogP) is 3.49. The molecule has 2 aromatic heterocycles. The minimum atomic E-state index is -0.0810. The molecule has 0 fully saturated rings. The third kappa shape index (κ3) is 2.31. The van der Waals surface area contributed by atoms with Crippen molar-refractivity contribution in [1.29, 1.82) is 0 Å². The maximum atomic E-state index is 13.1. The number of hydrogen-bond acceptors (Lipinski definition) is 3. The molecule has 24 heavy (non-hydrogen) atoms. The van der Waals surface area contributed by atoms with E-state index in [9.17, 15) is 4.79 Å². The monoisotopic (exact) mass is 324 g/mol. The summed E-state index contributed by atoms with van der Waals surface area (Å²) >= 11 is 0. The van der Waals surface area contributed by atoms with Gasteiger partial charge in [0.25, 0.3) is 5.56 Å². The van der Waals surface area contributed by atoms with Crippen molar-refractivity contribution in [3.05, 3.63) is 45.4 Å². The van der Waals surface area contributed by atoms with Crippen molar-refractivity contribution >= 4 is 17.0 Å². The Hall–Kier alpha value is -2.56. The Bertz CT molecular complexity index is 985. The topological polar surface area (TPSA) is 65.8 Å². The van der Waals surface area contributed by atoms with Gasteiger partial charge in [-0.2, -0.15) is 4.98 Å². The predicted molar refractivity (Wildman–Crippen MR) is 99.4 cm³/mol. The van der Waals surface area contributed by atoms with Crippen molar-refractivity contribution in [2.75, 3.05) is 5.73 Å². The van der Waals surface area contributed by atoms with E-state index in [2.05, 4.69) is 37.9 Å². The molecule has 0 bridgehead atoms. The molecule has 3 rings (SSSR count). The molecule has 5 heteroatoms. The van der Waals surface area contributed by atoms with E-state index in [0.29, 0.717) is 11.0 Å². The van der Waals surface area contributed by atoms with E-state index < -0.39 is 0 Å². The quantitative estimate of drug-likeness (QED) is 0.784. The Kier molecular flexibility index (Phi) is 3.74. The molecule has 2 heterocycles. The fraction of sp³-hybridized carbons (Fsp3) is 0.368.